The molecule has 3 rings (SSSR count). The van der Waals surface area contributed by atoms with Gasteiger partial charge in [-0.15, -0.1) is 0 Å². The van der Waals surface area contributed by atoms with Gasteiger partial charge in [0.25, 0.3) is 0 Å². The summed E-state index contributed by atoms with van der Waals surface area (Å²) < 4.78 is 0. The molecule has 2 bridgehead atoms. The molecule has 0 aromatic carbocycles. The van der Waals surface area contributed by atoms with Crippen molar-refractivity contribution in [1.82, 2.24) is 0 Å². The molecule has 0 N–H and O–H groups in total. The highest BCUT2D eigenvalue weighted by molar-refractivity contribution is 5.14. The Morgan fingerprint density at radius 1 is 1.30 bits per heavy atom. The Hall–Kier alpha value is -0.260. The first-order chi connectivity index (χ1) is 4.83. The van der Waals surface area contributed by atoms with E-state index in [9.17, 15) is 0 Å². The average Bonchev–Trinajstić information content (AvgIpc) is 2.44. The molecule has 10 heavy (non-hydrogen) atoms. The van der Waals surface area contributed by atoms with Gasteiger partial charge in [0.05, 0.1) is 0 Å². The topological polar surface area (TPSA) is 0 Å². The van der Waals surface area contributed by atoms with Crippen LogP contribution in [0.15, 0.2) is 11.6 Å². The predicted molar refractivity (Wildman–Crippen MR) is 43.8 cm³/mol. The molecule has 0 aliphatic heterocycles. The maximum Gasteiger partial charge on any atom is -0.0149 e. The predicted octanol–water partition coefficient (Wildman–Crippen LogP) is 3.00. The Labute approximate surface area is 63.3 Å². The van der Waals surface area contributed by atoms with Gasteiger partial charge in [0.2, 0.25) is 0 Å². The molecule has 56 valence electrons. The second kappa shape index (κ2) is 2.11. The minimum absolute atomic E-state index is 1.00. The van der Waals surface area contributed by atoms with Gasteiger partial charge in [0.15, 0.2) is 0 Å². The van der Waals surface area contributed by atoms with Crippen LogP contribution in [0.25, 0.3) is 0 Å². The molecule has 0 heteroatoms. The van der Waals surface area contributed by atoms with Crippen molar-refractivity contribution in [2.75, 3.05) is 0 Å². The monoisotopic (exact) mass is 136 g/mol. The number of allylic oxidation sites excluding steroid dienone is 2. The van der Waals surface area contributed by atoms with Crippen molar-refractivity contribution in [2.45, 2.75) is 33.1 Å². The Kier molecular flexibility index (Phi) is 1.36. The average molecular weight is 136 g/mol. The van der Waals surface area contributed by atoms with E-state index in [-0.39, 0.29) is 0 Å². The van der Waals surface area contributed by atoms with Crippen LogP contribution in [0.1, 0.15) is 33.1 Å². The lowest BCUT2D eigenvalue weighted by Crippen LogP contribution is -2.28. The van der Waals surface area contributed by atoms with E-state index in [4.69, 9.17) is 0 Å². The lowest BCUT2D eigenvalue weighted by atomic mass is 9.69. The fourth-order valence-corrected chi connectivity index (χ4v) is 2.83. The van der Waals surface area contributed by atoms with Crippen LogP contribution in [-0.4, -0.2) is 0 Å². The molecule has 3 aliphatic rings. The molecule has 3 aliphatic carbocycles. The summed E-state index contributed by atoms with van der Waals surface area (Å²) in [7, 11) is 0. The summed E-state index contributed by atoms with van der Waals surface area (Å²) in [6.07, 6.45) is 6.87. The zero-order valence-electron chi connectivity index (χ0n) is 6.93. The second-order valence-corrected chi connectivity index (χ2v) is 3.89. The molecule has 0 nitrogen and oxygen atoms in total. The molecule has 3 fully saturated rings. The number of hydrogen-bond acceptors (Lipinski definition) is 0. The van der Waals surface area contributed by atoms with Crippen molar-refractivity contribution in [3.05, 3.63) is 11.6 Å². The van der Waals surface area contributed by atoms with Crippen molar-refractivity contribution in [1.29, 1.82) is 0 Å². The summed E-state index contributed by atoms with van der Waals surface area (Å²) in [5.41, 5.74) is 1.65. The van der Waals surface area contributed by atoms with E-state index in [1.165, 1.54) is 19.3 Å². The van der Waals surface area contributed by atoms with Crippen LogP contribution >= 0.6 is 0 Å². The van der Waals surface area contributed by atoms with E-state index in [0.717, 1.165) is 17.8 Å². The quantitative estimate of drug-likeness (QED) is 0.486. The first kappa shape index (κ1) is 6.45. The van der Waals surface area contributed by atoms with Crippen molar-refractivity contribution in [3.63, 3.8) is 0 Å². The lowest BCUT2D eigenvalue weighted by molar-refractivity contribution is 0.196. The molecular weight excluding hydrogens is 120 g/mol. The van der Waals surface area contributed by atoms with E-state index in [2.05, 4.69) is 19.9 Å². The fraction of sp³-hybridized carbons (Fsp3) is 0.800. The first-order valence-electron chi connectivity index (χ1n) is 4.45. The maximum absolute atomic E-state index is 2.30. The summed E-state index contributed by atoms with van der Waals surface area (Å²) in [5.74, 6) is 3.17. The largest absolute Gasteiger partial charge is 0.0884 e. The summed E-state index contributed by atoms with van der Waals surface area (Å²) >= 11 is 0. The third-order valence-electron chi connectivity index (χ3n) is 3.51. The van der Waals surface area contributed by atoms with Gasteiger partial charge in [-0.1, -0.05) is 11.6 Å². The van der Waals surface area contributed by atoms with Crippen LogP contribution in [0.2, 0.25) is 0 Å². The van der Waals surface area contributed by atoms with Crippen molar-refractivity contribution < 1.29 is 0 Å². The molecular formula is C10H16. The van der Waals surface area contributed by atoms with E-state index in [1.807, 2.05) is 0 Å². The SMILES string of the molecule is C/C=C(/C)C1C2CCC1C2. The Morgan fingerprint density at radius 3 is 2.30 bits per heavy atom. The molecule has 0 aromatic heterocycles. The van der Waals surface area contributed by atoms with E-state index in [1.54, 1.807) is 5.57 Å². The minimum Gasteiger partial charge on any atom is -0.0884 e. The molecule has 0 heterocycles. The molecule has 0 amide bonds. The van der Waals surface area contributed by atoms with Gasteiger partial charge >= 0.3 is 0 Å². The molecule has 0 aromatic rings. The summed E-state index contributed by atoms with van der Waals surface area (Å²) in [6.45, 7) is 4.47. The van der Waals surface area contributed by atoms with Crippen LogP contribution in [0.4, 0.5) is 0 Å². The third-order valence-corrected chi connectivity index (χ3v) is 3.51. The normalized spacial score (nSPS) is 45.4. The van der Waals surface area contributed by atoms with Gasteiger partial charge in [-0.25, -0.2) is 0 Å². The summed E-state index contributed by atoms with van der Waals surface area (Å²) in [5, 5.41) is 0. The van der Waals surface area contributed by atoms with E-state index in [0.29, 0.717) is 0 Å². The minimum atomic E-state index is 1.00. The van der Waals surface area contributed by atoms with Gasteiger partial charge in [-0.2, -0.15) is 0 Å². The Bertz CT molecular complexity index is 153. The third kappa shape index (κ3) is 0.680. The van der Waals surface area contributed by atoms with Crippen LogP contribution in [-0.2, 0) is 0 Å². The van der Waals surface area contributed by atoms with Crippen molar-refractivity contribution in [2.24, 2.45) is 17.8 Å². The van der Waals surface area contributed by atoms with E-state index >= 15 is 0 Å². The highest BCUT2D eigenvalue weighted by Gasteiger charge is 2.46. The lowest BCUT2D eigenvalue weighted by Gasteiger charge is -2.36. The number of fused-ring (bicyclic) bond motifs is 1. The highest BCUT2D eigenvalue weighted by Crippen LogP contribution is 2.56. The van der Waals surface area contributed by atoms with Crippen molar-refractivity contribution >= 4 is 0 Å². The van der Waals surface area contributed by atoms with Gasteiger partial charge in [-0.05, 0) is 50.9 Å². The zero-order chi connectivity index (χ0) is 7.14. The highest BCUT2D eigenvalue weighted by atomic mass is 14.5. The fourth-order valence-electron chi connectivity index (χ4n) is 2.83. The smallest absolute Gasteiger partial charge is 0.0149 e. The van der Waals surface area contributed by atoms with Crippen LogP contribution in [0.5, 0.6) is 0 Å². The maximum atomic E-state index is 2.30. The molecule has 3 saturated carbocycles. The molecule has 2 atom stereocenters. The van der Waals surface area contributed by atoms with Crippen molar-refractivity contribution in [3.8, 4) is 0 Å². The van der Waals surface area contributed by atoms with Gasteiger partial charge in [0.1, 0.15) is 0 Å². The van der Waals surface area contributed by atoms with E-state index < -0.39 is 0 Å². The van der Waals surface area contributed by atoms with Gasteiger partial charge in [0, 0.05) is 0 Å². The van der Waals surface area contributed by atoms with Crippen LogP contribution < -0.4 is 0 Å². The second-order valence-electron chi connectivity index (χ2n) is 3.89. The number of rotatable bonds is 1. The molecule has 0 saturated heterocycles. The van der Waals surface area contributed by atoms with Crippen LogP contribution in [0.3, 0.4) is 0 Å². The summed E-state index contributed by atoms with van der Waals surface area (Å²) in [4.78, 5) is 0. The Balaban J connectivity index is 2.09. The summed E-state index contributed by atoms with van der Waals surface area (Å²) in [6, 6.07) is 0. The van der Waals surface area contributed by atoms with Gasteiger partial charge in [-0.3, -0.25) is 0 Å². The molecule has 0 spiro atoms. The standard InChI is InChI=1S/C10H16/c1-3-7(2)10-8-4-5-9(10)6-8/h3,8-10H,4-6H2,1-2H3/b7-3-. The first-order valence-corrected chi connectivity index (χ1v) is 4.45. The Morgan fingerprint density at radius 2 is 1.90 bits per heavy atom. The number of hydrogen-bond donors (Lipinski definition) is 0. The molecule has 2 unspecified atom stereocenters. The van der Waals surface area contributed by atoms with Crippen LogP contribution in [0, 0.1) is 17.8 Å². The van der Waals surface area contributed by atoms with Gasteiger partial charge < -0.3 is 0 Å². The molecule has 0 radical (unpaired) electrons. The zero-order valence-corrected chi connectivity index (χ0v) is 6.93.